The zero-order chi connectivity index (χ0) is 10.4. The maximum absolute atomic E-state index is 9.61. The SMILES string of the molecule is CCc1ccc(CC(O)CSC)cc1. The molecule has 0 saturated heterocycles. The second-order valence-corrected chi connectivity index (χ2v) is 4.39. The summed E-state index contributed by atoms with van der Waals surface area (Å²) in [5.41, 5.74) is 2.58. The molecule has 1 unspecified atom stereocenters. The van der Waals surface area contributed by atoms with Gasteiger partial charge in [-0.2, -0.15) is 11.8 Å². The Morgan fingerprint density at radius 2 is 1.79 bits per heavy atom. The highest BCUT2D eigenvalue weighted by atomic mass is 32.2. The van der Waals surface area contributed by atoms with Gasteiger partial charge in [0.05, 0.1) is 6.10 Å². The smallest absolute Gasteiger partial charge is 0.0670 e. The number of rotatable bonds is 5. The lowest BCUT2D eigenvalue weighted by atomic mass is 10.1. The fourth-order valence-corrected chi connectivity index (χ4v) is 1.94. The summed E-state index contributed by atoms with van der Waals surface area (Å²) >= 11 is 1.69. The van der Waals surface area contributed by atoms with Crippen molar-refractivity contribution in [3.05, 3.63) is 35.4 Å². The molecule has 0 aromatic heterocycles. The number of hydrogen-bond acceptors (Lipinski definition) is 2. The van der Waals surface area contributed by atoms with Crippen LogP contribution in [0.1, 0.15) is 18.1 Å². The van der Waals surface area contributed by atoms with E-state index >= 15 is 0 Å². The third-order valence-corrected chi connectivity index (χ3v) is 2.98. The molecule has 0 bridgehead atoms. The lowest BCUT2D eigenvalue weighted by molar-refractivity contribution is 0.200. The molecule has 0 radical (unpaired) electrons. The highest BCUT2D eigenvalue weighted by molar-refractivity contribution is 7.98. The van der Waals surface area contributed by atoms with Crippen LogP contribution in [0.4, 0.5) is 0 Å². The first kappa shape index (κ1) is 11.6. The van der Waals surface area contributed by atoms with Crippen LogP contribution >= 0.6 is 11.8 Å². The monoisotopic (exact) mass is 210 g/mol. The van der Waals surface area contributed by atoms with Crippen molar-refractivity contribution in [1.29, 1.82) is 0 Å². The molecule has 14 heavy (non-hydrogen) atoms. The average Bonchev–Trinajstić information content (AvgIpc) is 2.19. The molecule has 0 spiro atoms. The van der Waals surface area contributed by atoms with Crippen molar-refractivity contribution in [3.8, 4) is 0 Å². The summed E-state index contributed by atoms with van der Waals surface area (Å²) in [5.74, 6) is 0.815. The van der Waals surface area contributed by atoms with Crippen LogP contribution in [0.25, 0.3) is 0 Å². The van der Waals surface area contributed by atoms with Gasteiger partial charge in [0.1, 0.15) is 0 Å². The van der Waals surface area contributed by atoms with Crippen molar-refractivity contribution < 1.29 is 5.11 Å². The molecule has 1 aromatic carbocycles. The number of benzene rings is 1. The normalized spacial score (nSPS) is 12.8. The van der Waals surface area contributed by atoms with E-state index in [0.29, 0.717) is 0 Å². The largest absolute Gasteiger partial charge is 0.392 e. The fraction of sp³-hybridized carbons (Fsp3) is 0.500. The third-order valence-electron chi connectivity index (χ3n) is 2.26. The van der Waals surface area contributed by atoms with Gasteiger partial charge in [0, 0.05) is 5.75 Å². The summed E-state index contributed by atoms with van der Waals surface area (Å²) in [5, 5.41) is 9.61. The summed E-state index contributed by atoms with van der Waals surface area (Å²) in [6.07, 6.45) is 3.65. The minimum atomic E-state index is -0.211. The summed E-state index contributed by atoms with van der Waals surface area (Å²) in [6.45, 7) is 2.15. The molecule has 0 aliphatic rings. The summed E-state index contributed by atoms with van der Waals surface area (Å²) in [7, 11) is 0. The van der Waals surface area contributed by atoms with E-state index in [1.54, 1.807) is 11.8 Å². The molecule has 0 fully saturated rings. The molecule has 0 amide bonds. The van der Waals surface area contributed by atoms with Gasteiger partial charge in [0.15, 0.2) is 0 Å². The minimum Gasteiger partial charge on any atom is -0.392 e. The van der Waals surface area contributed by atoms with E-state index in [4.69, 9.17) is 0 Å². The van der Waals surface area contributed by atoms with Crippen molar-refractivity contribution in [2.24, 2.45) is 0 Å². The average molecular weight is 210 g/mol. The van der Waals surface area contributed by atoms with Gasteiger partial charge in [-0.05, 0) is 30.2 Å². The Morgan fingerprint density at radius 3 is 2.29 bits per heavy atom. The maximum atomic E-state index is 9.61. The van der Waals surface area contributed by atoms with E-state index in [1.165, 1.54) is 11.1 Å². The van der Waals surface area contributed by atoms with E-state index < -0.39 is 0 Å². The number of aliphatic hydroxyl groups excluding tert-OH is 1. The highest BCUT2D eigenvalue weighted by Crippen LogP contribution is 2.09. The van der Waals surface area contributed by atoms with Crippen LogP contribution < -0.4 is 0 Å². The minimum absolute atomic E-state index is 0.211. The molecule has 78 valence electrons. The molecule has 1 aromatic rings. The molecule has 1 atom stereocenters. The Labute approximate surface area is 90.5 Å². The summed E-state index contributed by atoms with van der Waals surface area (Å²) in [6, 6.07) is 8.51. The van der Waals surface area contributed by atoms with Gasteiger partial charge in [-0.3, -0.25) is 0 Å². The van der Waals surface area contributed by atoms with Crippen LogP contribution in [-0.4, -0.2) is 23.2 Å². The van der Waals surface area contributed by atoms with Gasteiger partial charge in [-0.25, -0.2) is 0 Å². The van der Waals surface area contributed by atoms with Crippen molar-refractivity contribution >= 4 is 11.8 Å². The predicted octanol–water partition coefficient (Wildman–Crippen LogP) is 2.52. The van der Waals surface area contributed by atoms with Crippen molar-refractivity contribution in [2.75, 3.05) is 12.0 Å². The Bertz CT molecular complexity index is 256. The summed E-state index contributed by atoms with van der Waals surface area (Å²) < 4.78 is 0. The van der Waals surface area contributed by atoms with E-state index in [1.807, 2.05) is 6.26 Å². The van der Waals surface area contributed by atoms with Gasteiger partial charge >= 0.3 is 0 Å². The molecule has 1 nitrogen and oxygen atoms in total. The number of hydrogen-bond donors (Lipinski definition) is 1. The first-order valence-corrected chi connectivity index (χ1v) is 6.40. The Balaban J connectivity index is 2.50. The van der Waals surface area contributed by atoms with E-state index in [0.717, 1.165) is 18.6 Å². The van der Waals surface area contributed by atoms with Crippen LogP contribution in [0, 0.1) is 0 Å². The Morgan fingerprint density at radius 1 is 1.21 bits per heavy atom. The van der Waals surface area contributed by atoms with Crippen LogP contribution in [0.2, 0.25) is 0 Å². The zero-order valence-electron chi connectivity index (χ0n) is 8.86. The molecule has 1 N–H and O–H groups in total. The van der Waals surface area contributed by atoms with Crippen molar-refractivity contribution in [1.82, 2.24) is 0 Å². The van der Waals surface area contributed by atoms with E-state index in [9.17, 15) is 5.11 Å². The van der Waals surface area contributed by atoms with Gasteiger partial charge < -0.3 is 5.11 Å². The summed E-state index contributed by atoms with van der Waals surface area (Å²) in [4.78, 5) is 0. The van der Waals surface area contributed by atoms with Crippen LogP contribution in [-0.2, 0) is 12.8 Å². The first-order chi connectivity index (χ1) is 6.76. The molecule has 0 saturated carbocycles. The van der Waals surface area contributed by atoms with E-state index in [2.05, 4.69) is 31.2 Å². The first-order valence-electron chi connectivity index (χ1n) is 5.01. The molecule has 0 heterocycles. The zero-order valence-corrected chi connectivity index (χ0v) is 9.68. The molecule has 0 aliphatic heterocycles. The third kappa shape index (κ3) is 3.72. The predicted molar refractivity (Wildman–Crippen MR) is 63.9 cm³/mol. The lowest BCUT2D eigenvalue weighted by Gasteiger charge is -2.08. The van der Waals surface area contributed by atoms with Gasteiger partial charge in [0.2, 0.25) is 0 Å². The second-order valence-electron chi connectivity index (χ2n) is 3.48. The Hall–Kier alpha value is -0.470. The number of aryl methyl sites for hydroxylation is 1. The lowest BCUT2D eigenvalue weighted by Crippen LogP contribution is -2.13. The fourth-order valence-electron chi connectivity index (χ4n) is 1.43. The van der Waals surface area contributed by atoms with Crippen LogP contribution in [0.3, 0.4) is 0 Å². The van der Waals surface area contributed by atoms with Crippen LogP contribution in [0.15, 0.2) is 24.3 Å². The molecule has 2 heteroatoms. The highest BCUT2D eigenvalue weighted by Gasteiger charge is 2.03. The quantitative estimate of drug-likeness (QED) is 0.806. The van der Waals surface area contributed by atoms with Crippen molar-refractivity contribution in [2.45, 2.75) is 25.9 Å². The van der Waals surface area contributed by atoms with Gasteiger partial charge in [0.25, 0.3) is 0 Å². The number of aliphatic hydroxyl groups is 1. The molecule has 1 rings (SSSR count). The Kier molecular flexibility index (Phi) is 5.05. The second kappa shape index (κ2) is 6.10. The van der Waals surface area contributed by atoms with Gasteiger partial charge in [-0.15, -0.1) is 0 Å². The van der Waals surface area contributed by atoms with Gasteiger partial charge in [-0.1, -0.05) is 31.2 Å². The maximum Gasteiger partial charge on any atom is 0.0670 e. The molecule has 0 aliphatic carbocycles. The number of thioether (sulfide) groups is 1. The van der Waals surface area contributed by atoms with E-state index in [-0.39, 0.29) is 6.10 Å². The molecular formula is C12H18OS. The van der Waals surface area contributed by atoms with Crippen molar-refractivity contribution in [3.63, 3.8) is 0 Å². The van der Waals surface area contributed by atoms with Crippen LogP contribution in [0.5, 0.6) is 0 Å². The molecular weight excluding hydrogens is 192 g/mol. The standard InChI is InChI=1S/C12H18OS/c1-3-10-4-6-11(7-5-10)8-12(13)9-14-2/h4-7,12-13H,3,8-9H2,1-2H3. The topological polar surface area (TPSA) is 20.2 Å².